The molecule has 120 valence electrons. The minimum Gasteiger partial charge on any atom is -0.481 e. The molecular weight excluding hydrogens is 272 g/mol. The molecule has 6 nitrogen and oxygen atoms in total. The number of hydrogen-bond acceptors (Lipinski definition) is 3. The van der Waals surface area contributed by atoms with Crippen molar-refractivity contribution in [1.82, 2.24) is 10.6 Å². The molecule has 3 amide bonds. The number of imide groups is 1. The number of urea groups is 1. The number of aliphatic carboxylic acids is 1. The van der Waals surface area contributed by atoms with Gasteiger partial charge in [0.2, 0.25) is 5.91 Å². The minimum atomic E-state index is -1.18. The average Bonchev–Trinajstić information content (AvgIpc) is 2.30. The van der Waals surface area contributed by atoms with Crippen LogP contribution in [0.5, 0.6) is 0 Å². The molecule has 0 radical (unpaired) electrons. The van der Waals surface area contributed by atoms with Gasteiger partial charge in [0.05, 0.1) is 5.41 Å². The number of nitrogens with one attached hydrogen (secondary N) is 2. The number of hydrogen-bond donors (Lipinski definition) is 3. The Bertz CT molecular complexity index is 419. The van der Waals surface area contributed by atoms with Crippen LogP contribution in [0.4, 0.5) is 4.79 Å². The Kier molecular flexibility index (Phi) is 5.36. The van der Waals surface area contributed by atoms with E-state index in [-0.39, 0.29) is 12.5 Å². The lowest BCUT2D eigenvalue weighted by Crippen LogP contribution is -2.47. The summed E-state index contributed by atoms with van der Waals surface area (Å²) in [6, 6.07) is -0.454. The fraction of sp³-hybridized carbons (Fsp3) is 0.800. The van der Waals surface area contributed by atoms with Gasteiger partial charge < -0.3 is 10.4 Å². The Morgan fingerprint density at radius 1 is 1.19 bits per heavy atom. The van der Waals surface area contributed by atoms with E-state index < -0.39 is 23.3 Å². The number of carboxylic acids is 1. The summed E-state index contributed by atoms with van der Waals surface area (Å²) in [7, 11) is 0. The van der Waals surface area contributed by atoms with Crippen molar-refractivity contribution in [3.8, 4) is 0 Å². The molecule has 0 aromatic rings. The zero-order valence-electron chi connectivity index (χ0n) is 13.3. The maximum atomic E-state index is 11.7. The first kappa shape index (κ1) is 17.5. The van der Waals surface area contributed by atoms with Crippen molar-refractivity contribution in [2.24, 2.45) is 10.8 Å². The van der Waals surface area contributed by atoms with Crippen molar-refractivity contribution < 1.29 is 19.5 Å². The Morgan fingerprint density at radius 2 is 1.71 bits per heavy atom. The summed E-state index contributed by atoms with van der Waals surface area (Å²) in [5.74, 6) is -1.64. The Labute approximate surface area is 125 Å². The number of carboxylic acid groups (broad SMARTS) is 1. The van der Waals surface area contributed by atoms with E-state index in [0.717, 1.165) is 25.7 Å². The van der Waals surface area contributed by atoms with Crippen LogP contribution in [0.25, 0.3) is 0 Å². The van der Waals surface area contributed by atoms with E-state index >= 15 is 0 Å². The summed E-state index contributed by atoms with van der Waals surface area (Å²) in [6.45, 7) is 7.33. The maximum absolute atomic E-state index is 11.7. The number of rotatable bonds is 4. The molecule has 0 heterocycles. The molecule has 0 aromatic heterocycles. The third kappa shape index (κ3) is 5.73. The molecule has 1 saturated carbocycles. The molecule has 1 fully saturated rings. The van der Waals surface area contributed by atoms with Gasteiger partial charge in [-0.05, 0) is 44.9 Å². The number of carbonyl (C=O) groups excluding carboxylic acids is 2. The number of carbonyl (C=O) groups is 3. The molecule has 0 spiro atoms. The fourth-order valence-corrected chi connectivity index (χ4v) is 2.41. The molecule has 0 atom stereocenters. The van der Waals surface area contributed by atoms with Crippen LogP contribution in [-0.4, -0.2) is 29.1 Å². The smallest absolute Gasteiger partial charge is 0.321 e. The molecular formula is C15H26N2O4. The van der Waals surface area contributed by atoms with Crippen LogP contribution in [0.2, 0.25) is 0 Å². The van der Waals surface area contributed by atoms with Crippen molar-refractivity contribution in [1.29, 1.82) is 0 Å². The lowest BCUT2D eigenvalue weighted by molar-refractivity contribution is -0.149. The van der Waals surface area contributed by atoms with Gasteiger partial charge in [-0.15, -0.1) is 0 Å². The Hall–Kier alpha value is -1.59. The predicted octanol–water partition coefficient (Wildman–Crippen LogP) is 2.28. The molecule has 0 aromatic carbocycles. The van der Waals surface area contributed by atoms with Gasteiger partial charge in [0.15, 0.2) is 0 Å². The van der Waals surface area contributed by atoms with Crippen molar-refractivity contribution in [3.63, 3.8) is 0 Å². The van der Waals surface area contributed by atoms with E-state index in [9.17, 15) is 14.4 Å². The molecule has 1 rings (SSSR count). The summed E-state index contributed by atoms with van der Waals surface area (Å²) in [6.07, 6.45) is 3.65. The normalized spacial score (nSPS) is 18.9. The molecule has 0 bridgehead atoms. The Morgan fingerprint density at radius 3 is 2.19 bits per heavy atom. The molecule has 3 N–H and O–H groups in total. The monoisotopic (exact) mass is 298 g/mol. The molecule has 6 heteroatoms. The summed E-state index contributed by atoms with van der Waals surface area (Å²) in [5, 5.41) is 13.9. The van der Waals surface area contributed by atoms with E-state index in [1.165, 1.54) is 13.8 Å². The highest BCUT2D eigenvalue weighted by Crippen LogP contribution is 2.34. The summed E-state index contributed by atoms with van der Waals surface area (Å²) < 4.78 is 0. The third-order valence-electron chi connectivity index (χ3n) is 4.11. The molecule has 0 unspecified atom stereocenters. The van der Waals surface area contributed by atoms with Crippen LogP contribution >= 0.6 is 0 Å². The highest BCUT2D eigenvalue weighted by Gasteiger charge is 2.31. The lowest BCUT2D eigenvalue weighted by atomic mass is 9.76. The van der Waals surface area contributed by atoms with Crippen molar-refractivity contribution in [3.05, 3.63) is 0 Å². The molecule has 0 aliphatic heterocycles. The van der Waals surface area contributed by atoms with Gasteiger partial charge in [-0.2, -0.15) is 0 Å². The summed E-state index contributed by atoms with van der Waals surface area (Å²) in [4.78, 5) is 34.4. The largest absolute Gasteiger partial charge is 0.481 e. The quantitative estimate of drug-likeness (QED) is 0.742. The first-order valence-corrected chi connectivity index (χ1v) is 7.36. The summed E-state index contributed by atoms with van der Waals surface area (Å²) in [5.41, 5.74) is -0.866. The molecule has 1 aliphatic rings. The van der Waals surface area contributed by atoms with E-state index in [1.807, 2.05) is 0 Å². The highest BCUT2D eigenvalue weighted by atomic mass is 16.4. The van der Waals surface area contributed by atoms with Crippen LogP contribution in [0.3, 0.4) is 0 Å². The van der Waals surface area contributed by atoms with Crippen LogP contribution in [-0.2, 0) is 9.59 Å². The van der Waals surface area contributed by atoms with E-state index in [4.69, 9.17) is 5.11 Å². The molecule has 1 aliphatic carbocycles. The zero-order chi connectivity index (χ0) is 16.3. The van der Waals surface area contributed by atoms with Gasteiger partial charge in [0, 0.05) is 12.5 Å². The maximum Gasteiger partial charge on any atom is 0.321 e. The van der Waals surface area contributed by atoms with Crippen LogP contribution in [0, 0.1) is 10.8 Å². The van der Waals surface area contributed by atoms with Gasteiger partial charge >= 0.3 is 12.0 Å². The molecule has 0 saturated heterocycles. The van der Waals surface area contributed by atoms with Crippen LogP contribution in [0.15, 0.2) is 0 Å². The fourth-order valence-electron chi connectivity index (χ4n) is 2.41. The van der Waals surface area contributed by atoms with Crippen molar-refractivity contribution >= 4 is 17.9 Å². The lowest BCUT2D eigenvalue weighted by Gasteiger charge is -2.34. The van der Waals surface area contributed by atoms with E-state index in [2.05, 4.69) is 24.5 Å². The van der Waals surface area contributed by atoms with Gasteiger partial charge in [0.25, 0.3) is 0 Å². The van der Waals surface area contributed by atoms with Gasteiger partial charge in [-0.25, -0.2) is 4.79 Å². The number of amides is 3. The van der Waals surface area contributed by atoms with Gasteiger partial charge in [0.1, 0.15) is 0 Å². The molecule has 21 heavy (non-hydrogen) atoms. The second-order valence-corrected chi connectivity index (χ2v) is 7.33. The van der Waals surface area contributed by atoms with Crippen LogP contribution in [0.1, 0.15) is 59.8 Å². The SMILES string of the molecule is CC1(C)CCC(NC(=O)NC(=O)CC(C)(C)C(=O)O)CC1. The third-order valence-corrected chi connectivity index (χ3v) is 4.11. The second-order valence-electron chi connectivity index (χ2n) is 7.33. The Balaban J connectivity index is 2.37. The van der Waals surface area contributed by atoms with Gasteiger partial charge in [-0.3, -0.25) is 14.9 Å². The highest BCUT2D eigenvalue weighted by molar-refractivity contribution is 5.96. The first-order valence-electron chi connectivity index (χ1n) is 7.36. The average molecular weight is 298 g/mol. The standard InChI is InChI=1S/C15H26N2O4/c1-14(2)7-5-10(6-8-14)16-13(21)17-11(18)9-15(3,4)12(19)20/h10H,5-9H2,1-4H3,(H,19,20)(H2,16,17,18,21). The predicted molar refractivity (Wildman–Crippen MR) is 78.7 cm³/mol. The van der Waals surface area contributed by atoms with Crippen LogP contribution < -0.4 is 10.6 Å². The van der Waals surface area contributed by atoms with Crippen molar-refractivity contribution in [2.45, 2.75) is 65.8 Å². The zero-order valence-corrected chi connectivity index (χ0v) is 13.3. The summed E-state index contributed by atoms with van der Waals surface area (Å²) >= 11 is 0. The first-order chi connectivity index (χ1) is 9.52. The van der Waals surface area contributed by atoms with E-state index in [1.54, 1.807) is 0 Å². The topological polar surface area (TPSA) is 95.5 Å². The second kappa shape index (κ2) is 6.45. The minimum absolute atomic E-state index is 0.0818. The van der Waals surface area contributed by atoms with Crippen molar-refractivity contribution in [2.75, 3.05) is 0 Å². The van der Waals surface area contributed by atoms with E-state index in [0.29, 0.717) is 5.41 Å². The van der Waals surface area contributed by atoms with Gasteiger partial charge in [-0.1, -0.05) is 13.8 Å².